The van der Waals surface area contributed by atoms with Crippen molar-refractivity contribution in [2.24, 2.45) is 0 Å². The molecule has 1 aromatic carbocycles. The van der Waals surface area contributed by atoms with Gasteiger partial charge in [-0.3, -0.25) is 24.5 Å². The fraction of sp³-hybridized carbons (Fsp3) is 0.583. The number of unbranched alkanes of at least 4 members (excludes halogenated alkanes) is 7. The van der Waals surface area contributed by atoms with Crippen molar-refractivity contribution in [2.45, 2.75) is 83.2 Å². The van der Waals surface area contributed by atoms with Gasteiger partial charge in [-0.25, -0.2) is 0 Å². The summed E-state index contributed by atoms with van der Waals surface area (Å²) in [5, 5.41) is 14.4. The van der Waals surface area contributed by atoms with Crippen molar-refractivity contribution in [1.82, 2.24) is 10.2 Å². The van der Waals surface area contributed by atoms with Crippen molar-refractivity contribution in [3.63, 3.8) is 0 Å². The molecule has 2 aliphatic heterocycles. The summed E-state index contributed by atoms with van der Waals surface area (Å²) in [6, 6.07) is 5.03. The Morgan fingerprint density at radius 3 is 2.41 bits per heavy atom. The van der Waals surface area contributed by atoms with Crippen LogP contribution in [-0.4, -0.2) is 46.3 Å². The fourth-order valence-electron chi connectivity index (χ4n) is 4.44. The van der Waals surface area contributed by atoms with E-state index in [0.717, 1.165) is 62.7 Å². The van der Waals surface area contributed by atoms with Crippen LogP contribution < -0.4 is 10.6 Å². The average molecular weight is 444 g/mol. The molecule has 0 aliphatic carbocycles. The predicted molar refractivity (Wildman–Crippen MR) is 120 cm³/mol. The van der Waals surface area contributed by atoms with E-state index in [9.17, 15) is 19.2 Å². The lowest BCUT2D eigenvalue weighted by molar-refractivity contribution is -0.138. The zero-order valence-electron chi connectivity index (χ0n) is 18.5. The summed E-state index contributed by atoms with van der Waals surface area (Å²) in [7, 11) is 0. The van der Waals surface area contributed by atoms with Gasteiger partial charge in [0.1, 0.15) is 6.04 Å². The summed E-state index contributed by atoms with van der Waals surface area (Å²) in [5.41, 5.74) is 2.48. The van der Waals surface area contributed by atoms with E-state index in [1.807, 2.05) is 12.1 Å². The lowest BCUT2D eigenvalue weighted by atomic mass is 10.0. The zero-order valence-corrected chi connectivity index (χ0v) is 18.5. The Morgan fingerprint density at radius 1 is 1.03 bits per heavy atom. The number of hydrogen-bond acceptors (Lipinski definition) is 5. The number of hydrogen-bond donors (Lipinski definition) is 3. The molecule has 174 valence electrons. The smallest absolute Gasteiger partial charge is 0.303 e. The lowest BCUT2D eigenvalue weighted by Gasteiger charge is -2.29. The molecule has 0 spiro atoms. The second-order valence-corrected chi connectivity index (χ2v) is 8.63. The van der Waals surface area contributed by atoms with Crippen molar-refractivity contribution in [3.8, 4) is 0 Å². The van der Waals surface area contributed by atoms with Gasteiger partial charge in [-0.2, -0.15) is 0 Å². The number of anilines is 1. The summed E-state index contributed by atoms with van der Waals surface area (Å²) >= 11 is 0. The molecule has 2 heterocycles. The lowest BCUT2D eigenvalue weighted by Crippen LogP contribution is -2.52. The Balaban J connectivity index is 1.38. The van der Waals surface area contributed by atoms with Gasteiger partial charge in [-0.15, -0.1) is 0 Å². The van der Waals surface area contributed by atoms with Gasteiger partial charge in [-0.05, 0) is 31.4 Å². The second-order valence-electron chi connectivity index (χ2n) is 8.63. The van der Waals surface area contributed by atoms with Crippen LogP contribution in [0.1, 0.15) is 86.6 Å². The number of rotatable bonds is 13. The molecule has 1 saturated heterocycles. The minimum atomic E-state index is -0.713. The molecule has 0 radical (unpaired) electrons. The third-order valence-electron chi connectivity index (χ3n) is 6.21. The summed E-state index contributed by atoms with van der Waals surface area (Å²) in [6.07, 6.45) is 9.38. The largest absolute Gasteiger partial charge is 0.481 e. The third-order valence-corrected chi connectivity index (χ3v) is 6.21. The molecule has 0 aromatic heterocycles. The molecule has 1 unspecified atom stereocenters. The number of carboxylic acids is 1. The van der Waals surface area contributed by atoms with E-state index in [1.54, 1.807) is 11.0 Å². The van der Waals surface area contributed by atoms with Crippen LogP contribution >= 0.6 is 0 Å². The molecule has 3 amide bonds. The van der Waals surface area contributed by atoms with Crippen molar-refractivity contribution in [3.05, 3.63) is 29.3 Å². The summed E-state index contributed by atoms with van der Waals surface area (Å²) in [4.78, 5) is 48.5. The molecule has 1 aromatic rings. The molecular formula is C24H33N3O5. The van der Waals surface area contributed by atoms with Gasteiger partial charge >= 0.3 is 5.97 Å². The van der Waals surface area contributed by atoms with Gasteiger partial charge in [0.2, 0.25) is 11.8 Å². The van der Waals surface area contributed by atoms with Crippen LogP contribution in [0.4, 0.5) is 5.69 Å². The van der Waals surface area contributed by atoms with Crippen LogP contribution in [0, 0.1) is 0 Å². The number of piperidine rings is 1. The molecule has 8 nitrogen and oxygen atoms in total. The monoisotopic (exact) mass is 443 g/mol. The summed E-state index contributed by atoms with van der Waals surface area (Å²) < 4.78 is 0. The minimum Gasteiger partial charge on any atom is -0.481 e. The van der Waals surface area contributed by atoms with Gasteiger partial charge in [0, 0.05) is 42.7 Å². The third kappa shape index (κ3) is 6.31. The van der Waals surface area contributed by atoms with Gasteiger partial charge in [-0.1, -0.05) is 44.6 Å². The Bertz CT molecular complexity index is 854. The number of carbonyl (C=O) groups is 4. The first-order valence-corrected chi connectivity index (χ1v) is 11.7. The number of benzene rings is 1. The van der Waals surface area contributed by atoms with Crippen LogP contribution in [0.5, 0.6) is 0 Å². The van der Waals surface area contributed by atoms with E-state index >= 15 is 0 Å². The minimum absolute atomic E-state index is 0.151. The van der Waals surface area contributed by atoms with Crippen LogP contribution in [-0.2, 0) is 20.9 Å². The van der Waals surface area contributed by atoms with Crippen molar-refractivity contribution in [2.75, 3.05) is 11.9 Å². The first-order chi connectivity index (χ1) is 15.5. The molecule has 3 N–H and O–H groups in total. The summed E-state index contributed by atoms with van der Waals surface area (Å²) in [6.45, 7) is 1.20. The number of nitrogens with zero attached hydrogens (tertiary/aromatic N) is 1. The van der Waals surface area contributed by atoms with Crippen LogP contribution in [0.3, 0.4) is 0 Å². The van der Waals surface area contributed by atoms with E-state index in [1.165, 1.54) is 6.42 Å². The standard InChI is InChI=1S/C24H33N3O5/c28-21-14-13-20(23(31)26-21)27-16-18-17(24(27)32)10-9-11-19(18)25-15-8-6-4-2-1-3-5-7-12-22(29)30/h9-11,20,25H,1-8,12-16H2,(H,29,30)(H,26,28,31). The molecule has 8 heteroatoms. The number of nitrogens with one attached hydrogen (secondary N) is 2. The van der Waals surface area contributed by atoms with Crippen molar-refractivity contribution >= 4 is 29.4 Å². The maximum absolute atomic E-state index is 12.9. The highest BCUT2D eigenvalue weighted by molar-refractivity contribution is 6.06. The molecule has 1 atom stereocenters. The van der Waals surface area contributed by atoms with Gasteiger partial charge in [0.15, 0.2) is 0 Å². The number of carbonyl (C=O) groups excluding carboxylic acids is 3. The van der Waals surface area contributed by atoms with Crippen LogP contribution in [0.15, 0.2) is 18.2 Å². The summed E-state index contributed by atoms with van der Waals surface area (Å²) in [5.74, 6) is -1.54. The molecule has 32 heavy (non-hydrogen) atoms. The number of fused-ring (bicyclic) bond motifs is 1. The normalized spacial score (nSPS) is 17.9. The zero-order chi connectivity index (χ0) is 22.9. The molecule has 1 fully saturated rings. The van der Waals surface area contributed by atoms with E-state index in [4.69, 9.17) is 5.11 Å². The van der Waals surface area contributed by atoms with Gasteiger partial charge in [0.25, 0.3) is 5.91 Å². The molecule has 0 bridgehead atoms. The van der Waals surface area contributed by atoms with Crippen LogP contribution in [0.2, 0.25) is 0 Å². The van der Waals surface area contributed by atoms with Crippen LogP contribution in [0.25, 0.3) is 0 Å². The Labute approximate surface area is 188 Å². The SMILES string of the molecule is O=C(O)CCCCCCCCCCNc1cccc2c1CN(C1CCC(=O)NC1=O)C2=O. The quantitative estimate of drug-likeness (QED) is 0.318. The van der Waals surface area contributed by atoms with E-state index < -0.39 is 12.0 Å². The second kappa shape index (κ2) is 11.6. The van der Waals surface area contributed by atoms with Crippen molar-refractivity contribution < 1.29 is 24.3 Å². The van der Waals surface area contributed by atoms with E-state index in [-0.39, 0.29) is 30.6 Å². The van der Waals surface area contributed by atoms with Crippen molar-refractivity contribution in [1.29, 1.82) is 0 Å². The predicted octanol–water partition coefficient (Wildman–Crippen LogP) is 3.46. The molecule has 0 saturated carbocycles. The molecule has 2 aliphatic rings. The number of carboxylic acid groups (broad SMARTS) is 1. The van der Waals surface area contributed by atoms with Gasteiger partial charge in [0.05, 0.1) is 0 Å². The highest BCUT2D eigenvalue weighted by Crippen LogP contribution is 2.32. The first-order valence-electron chi connectivity index (χ1n) is 11.7. The Hall–Kier alpha value is -2.90. The fourth-order valence-corrected chi connectivity index (χ4v) is 4.44. The van der Waals surface area contributed by atoms with E-state index in [0.29, 0.717) is 18.5 Å². The molecule has 3 rings (SSSR count). The topological polar surface area (TPSA) is 116 Å². The maximum atomic E-state index is 12.9. The number of imide groups is 1. The Morgan fingerprint density at radius 2 is 1.72 bits per heavy atom. The average Bonchev–Trinajstić information content (AvgIpc) is 3.09. The van der Waals surface area contributed by atoms with Gasteiger partial charge < -0.3 is 15.3 Å². The maximum Gasteiger partial charge on any atom is 0.303 e. The number of aliphatic carboxylic acids is 1. The molecular weight excluding hydrogens is 410 g/mol. The first kappa shape index (κ1) is 23.8. The van der Waals surface area contributed by atoms with E-state index in [2.05, 4.69) is 10.6 Å². The Kier molecular flexibility index (Phi) is 8.64. The number of amides is 3. The highest BCUT2D eigenvalue weighted by Gasteiger charge is 2.39. The highest BCUT2D eigenvalue weighted by atomic mass is 16.4.